The maximum atomic E-state index is 12.8. The lowest BCUT2D eigenvalue weighted by atomic mass is 9.97. The molecule has 0 aromatic heterocycles. The van der Waals surface area contributed by atoms with Gasteiger partial charge in [-0.15, -0.1) is 0 Å². The van der Waals surface area contributed by atoms with Gasteiger partial charge in [0.25, 0.3) is 0 Å². The lowest BCUT2D eigenvalue weighted by Gasteiger charge is -2.13. The Kier molecular flexibility index (Phi) is 4.54. The van der Waals surface area contributed by atoms with Gasteiger partial charge in [-0.3, -0.25) is 4.79 Å². The number of ether oxygens (including phenoxy) is 1. The number of rotatable bonds is 3. The van der Waals surface area contributed by atoms with Crippen LogP contribution >= 0.6 is 0 Å². The third kappa shape index (κ3) is 3.71. The highest BCUT2D eigenvalue weighted by molar-refractivity contribution is 5.73. The van der Waals surface area contributed by atoms with Crippen molar-refractivity contribution in [3.63, 3.8) is 0 Å². The van der Waals surface area contributed by atoms with Gasteiger partial charge in [-0.1, -0.05) is 0 Å². The molecule has 0 radical (unpaired) electrons. The van der Waals surface area contributed by atoms with Gasteiger partial charge >= 0.3 is 12.1 Å². The average Bonchev–Trinajstić information content (AvgIpc) is 2.30. The molecule has 0 aliphatic rings. The molecule has 0 spiro atoms. The van der Waals surface area contributed by atoms with Crippen molar-refractivity contribution in [2.45, 2.75) is 26.4 Å². The number of hydrogen-bond donors (Lipinski definition) is 0. The molecule has 102 valence electrons. The molecule has 0 aliphatic carbocycles. The quantitative estimate of drug-likeness (QED) is 0.794. The van der Waals surface area contributed by atoms with E-state index in [0.29, 0.717) is 5.56 Å². The summed E-state index contributed by atoms with van der Waals surface area (Å²) in [4.78, 5) is 11.3. The number of benzene rings is 1. The molecule has 1 aromatic rings. The van der Waals surface area contributed by atoms with E-state index >= 15 is 0 Å². The summed E-state index contributed by atoms with van der Waals surface area (Å²) < 4.78 is 43.0. The Morgan fingerprint density at radius 1 is 1.42 bits per heavy atom. The number of halogens is 3. The van der Waals surface area contributed by atoms with E-state index in [1.165, 1.54) is 6.07 Å². The van der Waals surface area contributed by atoms with Crippen LogP contribution in [0.2, 0.25) is 0 Å². The third-order valence-electron chi connectivity index (χ3n) is 2.54. The van der Waals surface area contributed by atoms with Crippen molar-refractivity contribution in [3.8, 4) is 6.07 Å². The molecular weight excluding hydrogens is 259 g/mol. The number of aryl methyl sites for hydroxylation is 1. The van der Waals surface area contributed by atoms with Crippen molar-refractivity contribution in [1.29, 1.82) is 5.26 Å². The van der Waals surface area contributed by atoms with E-state index in [-0.39, 0.29) is 18.6 Å². The van der Waals surface area contributed by atoms with Crippen LogP contribution in [0.3, 0.4) is 0 Å². The Balaban J connectivity index is 3.21. The maximum absolute atomic E-state index is 12.8. The molecule has 0 aliphatic heterocycles. The Morgan fingerprint density at radius 2 is 2.05 bits per heavy atom. The summed E-state index contributed by atoms with van der Waals surface area (Å²) in [5.74, 6) is -0.594. The van der Waals surface area contributed by atoms with Gasteiger partial charge in [-0.25, -0.2) is 0 Å². The van der Waals surface area contributed by atoms with Gasteiger partial charge in [0.2, 0.25) is 0 Å². The SMILES string of the molecule is CCOC(=O)Cc1cc(C(F)(F)F)c(C#N)cc1C. The van der Waals surface area contributed by atoms with Gasteiger partial charge in [-0.2, -0.15) is 18.4 Å². The lowest BCUT2D eigenvalue weighted by molar-refractivity contribution is -0.142. The van der Waals surface area contributed by atoms with Crippen LogP contribution in [0.5, 0.6) is 0 Å². The van der Waals surface area contributed by atoms with Crippen LogP contribution in [0.25, 0.3) is 0 Å². The number of esters is 1. The fourth-order valence-electron chi connectivity index (χ4n) is 1.64. The normalized spacial score (nSPS) is 10.9. The summed E-state index contributed by atoms with van der Waals surface area (Å²) in [5.41, 5.74) is -0.806. The molecular formula is C13H12F3NO2. The van der Waals surface area contributed by atoms with Crippen LogP contribution in [0.1, 0.15) is 29.2 Å². The van der Waals surface area contributed by atoms with Crippen LogP contribution in [0.4, 0.5) is 13.2 Å². The first-order chi connectivity index (χ1) is 8.79. The van der Waals surface area contributed by atoms with Gasteiger partial charge in [0, 0.05) is 0 Å². The van der Waals surface area contributed by atoms with E-state index in [0.717, 1.165) is 12.1 Å². The minimum absolute atomic E-state index is 0.167. The molecule has 1 rings (SSSR count). The Bertz CT molecular complexity index is 530. The van der Waals surface area contributed by atoms with E-state index in [1.807, 2.05) is 0 Å². The zero-order valence-electron chi connectivity index (χ0n) is 10.5. The number of nitrogens with zero attached hydrogens (tertiary/aromatic N) is 1. The molecule has 0 bridgehead atoms. The van der Waals surface area contributed by atoms with Gasteiger partial charge < -0.3 is 4.74 Å². The summed E-state index contributed by atoms with van der Waals surface area (Å²) in [5, 5.41) is 8.72. The molecule has 0 heterocycles. The van der Waals surface area contributed by atoms with E-state index in [1.54, 1.807) is 13.8 Å². The fraction of sp³-hybridized carbons (Fsp3) is 0.385. The number of carbonyl (C=O) groups excluding carboxylic acids is 1. The van der Waals surface area contributed by atoms with Crippen LogP contribution < -0.4 is 0 Å². The number of hydrogen-bond acceptors (Lipinski definition) is 3. The van der Waals surface area contributed by atoms with Crippen molar-refractivity contribution < 1.29 is 22.7 Å². The monoisotopic (exact) mass is 271 g/mol. The van der Waals surface area contributed by atoms with E-state index < -0.39 is 23.3 Å². The minimum atomic E-state index is -4.62. The first kappa shape index (κ1) is 15.0. The van der Waals surface area contributed by atoms with Crippen molar-refractivity contribution >= 4 is 5.97 Å². The second-order valence-corrected chi connectivity index (χ2v) is 3.92. The molecule has 0 unspecified atom stereocenters. The number of carbonyl (C=O) groups is 1. The molecule has 0 atom stereocenters. The zero-order valence-corrected chi connectivity index (χ0v) is 10.5. The minimum Gasteiger partial charge on any atom is -0.466 e. The molecule has 1 aromatic carbocycles. The zero-order chi connectivity index (χ0) is 14.6. The predicted octanol–water partition coefficient (Wildman–Crippen LogP) is 2.99. The van der Waals surface area contributed by atoms with E-state index in [4.69, 9.17) is 10.00 Å². The topological polar surface area (TPSA) is 50.1 Å². The fourth-order valence-corrected chi connectivity index (χ4v) is 1.64. The largest absolute Gasteiger partial charge is 0.466 e. The van der Waals surface area contributed by atoms with Gasteiger partial charge in [-0.05, 0) is 37.1 Å². The molecule has 6 heteroatoms. The summed E-state index contributed by atoms with van der Waals surface area (Å²) >= 11 is 0. The van der Waals surface area contributed by atoms with Crippen molar-refractivity contribution in [1.82, 2.24) is 0 Å². The summed E-state index contributed by atoms with van der Waals surface area (Å²) in [6, 6.07) is 3.49. The smallest absolute Gasteiger partial charge is 0.417 e. The molecule has 0 saturated heterocycles. The van der Waals surface area contributed by atoms with Crippen molar-refractivity contribution in [2.75, 3.05) is 6.61 Å². The van der Waals surface area contributed by atoms with Crippen LogP contribution in [-0.4, -0.2) is 12.6 Å². The van der Waals surface area contributed by atoms with Gasteiger partial charge in [0.1, 0.15) is 0 Å². The van der Waals surface area contributed by atoms with E-state index in [9.17, 15) is 18.0 Å². The first-order valence-corrected chi connectivity index (χ1v) is 5.56. The highest BCUT2D eigenvalue weighted by Gasteiger charge is 2.34. The second kappa shape index (κ2) is 5.74. The third-order valence-corrected chi connectivity index (χ3v) is 2.54. The highest BCUT2D eigenvalue weighted by Crippen LogP contribution is 2.33. The predicted molar refractivity (Wildman–Crippen MR) is 61.2 cm³/mol. The molecule has 19 heavy (non-hydrogen) atoms. The highest BCUT2D eigenvalue weighted by atomic mass is 19.4. The van der Waals surface area contributed by atoms with Crippen molar-refractivity contribution in [3.05, 3.63) is 34.4 Å². The van der Waals surface area contributed by atoms with Gasteiger partial charge in [0.05, 0.1) is 30.2 Å². The Morgan fingerprint density at radius 3 is 2.53 bits per heavy atom. The van der Waals surface area contributed by atoms with Crippen LogP contribution in [0, 0.1) is 18.3 Å². The first-order valence-electron chi connectivity index (χ1n) is 5.56. The van der Waals surface area contributed by atoms with Crippen LogP contribution in [0.15, 0.2) is 12.1 Å². The summed E-state index contributed by atoms with van der Waals surface area (Å²) in [6.45, 7) is 3.33. The molecule has 0 amide bonds. The standard InChI is InChI=1S/C13H12F3NO2/c1-3-19-12(18)6-9-5-11(13(14,15)16)10(7-17)4-8(9)2/h4-5H,3,6H2,1-2H3. The average molecular weight is 271 g/mol. The van der Waals surface area contributed by atoms with Gasteiger partial charge in [0.15, 0.2) is 0 Å². The Labute approximate surface area is 108 Å². The van der Waals surface area contributed by atoms with E-state index in [2.05, 4.69) is 0 Å². The molecule has 0 saturated carbocycles. The maximum Gasteiger partial charge on any atom is 0.417 e. The summed E-state index contributed by atoms with van der Waals surface area (Å²) in [7, 11) is 0. The van der Waals surface area contributed by atoms with Crippen molar-refractivity contribution in [2.24, 2.45) is 0 Å². The Hall–Kier alpha value is -2.03. The number of nitriles is 1. The molecule has 0 fully saturated rings. The number of alkyl halides is 3. The lowest BCUT2D eigenvalue weighted by Crippen LogP contribution is -2.13. The summed E-state index contributed by atoms with van der Waals surface area (Å²) in [6.07, 6.45) is -4.86. The molecule has 0 N–H and O–H groups in total. The molecule has 3 nitrogen and oxygen atoms in total. The second-order valence-electron chi connectivity index (χ2n) is 3.92. The van der Waals surface area contributed by atoms with Crippen LogP contribution in [-0.2, 0) is 22.1 Å².